The first kappa shape index (κ1) is 20.3. The zero-order valence-corrected chi connectivity index (χ0v) is 14.7. The maximum Gasteiger partial charge on any atom is 0.348 e. The number of nitrogens with one attached hydrogen (secondary N) is 1. The van der Waals surface area contributed by atoms with Crippen molar-refractivity contribution in [2.45, 2.75) is 32.5 Å². The van der Waals surface area contributed by atoms with E-state index in [1.54, 1.807) is 37.3 Å². The Bertz CT molecular complexity index is 814. The smallest absolute Gasteiger partial charge is 0.348 e. The van der Waals surface area contributed by atoms with Crippen molar-refractivity contribution in [3.63, 3.8) is 0 Å². The number of esters is 1. The Hall–Kier alpha value is -3.03. The number of benzene rings is 2. The third-order valence-corrected chi connectivity index (χ3v) is 3.61. The van der Waals surface area contributed by atoms with Gasteiger partial charge in [-0.2, -0.15) is 0 Å². The summed E-state index contributed by atoms with van der Waals surface area (Å²) in [7, 11) is 0. The van der Waals surface area contributed by atoms with Crippen molar-refractivity contribution >= 4 is 17.6 Å². The zero-order valence-electron chi connectivity index (χ0n) is 14.7. The molecule has 5 nitrogen and oxygen atoms in total. The molecular weight excluding hydrogens is 363 g/mol. The first-order valence-corrected chi connectivity index (χ1v) is 8.20. The van der Waals surface area contributed by atoms with Crippen LogP contribution in [0.15, 0.2) is 42.5 Å². The second-order valence-electron chi connectivity index (χ2n) is 5.62. The molecule has 1 N–H and O–H groups in total. The van der Waals surface area contributed by atoms with Crippen LogP contribution in [-0.2, 0) is 14.3 Å². The molecule has 0 aromatic heterocycles. The Morgan fingerprint density at radius 3 is 2.33 bits per heavy atom. The molecule has 0 radical (unpaired) electrons. The van der Waals surface area contributed by atoms with E-state index in [1.165, 1.54) is 6.92 Å². The summed E-state index contributed by atoms with van der Waals surface area (Å²) >= 11 is 0. The number of hydrogen-bond donors (Lipinski definition) is 1. The van der Waals surface area contributed by atoms with Crippen LogP contribution in [0.5, 0.6) is 5.75 Å². The van der Waals surface area contributed by atoms with Gasteiger partial charge in [0, 0.05) is 0 Å². The summed E-state index contributed by atoms with van der Waals surface area (Å²) in [6.45, 7) is 2.97. The van der Waals surface area contributed by atoms with E-state index in [0.717, 1.165) is 6.07 Å². The van der Waals surface area contributed by atoms with Gasteiger partial charge in [0.1, 0.15) is 5.75 Å². The van der Waals surface area contributed by atoms with Crippen molar-refractivity contribution < 1.29 is 32.2 Å². The molecule has 144 valence electrons. The molecule has 2 rings (SSSR count). The fourth-order valence-electron chi connectivity index (χ4n) is 2.12. The molecule has 8 heteroatoms. The lowest BCUT2D eigenvalue weighted by Gasteiger charge is -2.19. The average molecular weight is 381 g/mol. The quantitative estimate of drug-likeness (QED) is 0.585. The van der Waals surface area contributed by atoms with Gasteiger partial charge in [-0.15, -0.1) is 0 Å². The number of rotatable bonds is 7. The van der Waals surface area contributed by atoms with Gasteiger partial charge in [0.15, 0.2) is 29.7 Å². The van der Waals surface area contributed by atoms with Gasteiger partial charge in [0.2, 0.25) is 0 Å². The molecule has 1 amide bonds. The first-order chi connectivity index (χ1) is 12.8. The molecule has 0 unspecified atom stereocenters. The van der Waals surface area contributed by atoms with E-state index in [2.05, 4.69) is 5.32 Å². The molecule has 2 aromatic carbocycles. The number of para-hydroxylation sites is 1. The summed E-state index contributed by atoms with van der Waals surface area (Å²) in [4.78, 5) is 24.3. The average Bonchev–Trinajstić information content (AvgIpc) is 2.67. The van der Waals surface area contributed by atoms with Crippen LogP contribution in [0.3, 0.4) is 0 Å². The number of halogens is 3. The van der Waals surface area contributed by atoms with E-state index in [-0.39, 0.29) is 0 Å². The highest BCUT2D eigenvalue weighted by molar-refractivity contribution is 5.95. The number of carbonyl (C=O) groups excluding carboxylic acids is 2. The minimum absolute atomic E-state index is 0.292. The standard InChI is InChI=1S/C19H18F3NO4/c1-3-15(27-12-7-5-4-6-8-12)19(25)26-11(2)18(24)23-14-10-9-13(20)16(21)17(14)22/h4-11,15H,3H2,1-2H3,(H,23,24)/t11-,15-/m0/s1. The van der Waals surface area contributed by atoms with Gasteiger partial charge in [-0.25, -0.2) is 18.0 Å². The summed E-state index contributed by atoms with van der Waals surface area (Å²) in [6.07, 6.45) is -1.96. The third kappa shape index (κ3) is 5.22. The number of carbonyl (C=O) groups is 2. The second kappa shape index (κ2) is 9.07. The van der Waals surface area contributed by atoms with Gasteiger partial charge in [0.25, 0.3) is 5.91 Å². The first-order valence-electron chi connectivity index (χ1n) is 8.20. The molecule has 0 saturated carbocycles. The normalized spacial score (nSPS) is 12.8. The van der Waals surface area contributed by atoms with Crippen LogP contribution in [0.2, 0.25) is 0 Å². The Morgan fingerprint density at radius 2 is 1.70 bits per heavy atom. The lowest BCUT2D eigenvalue weighted by atomic mass is 10.2. The lowest BCUT2D eigenvalue weighted by molar-refractivity contribution is -0.160. The SMILES string of the molecule is CC[C@H](Oc1ccccc1)C(=O)O[C@@H](C)C(=O)Nc1ccc(F)c(F)c1F. The molecule has 0 heterocycles. The highest BCUT2D eigenvalue weighted by Gasteiger charge is 2.26. The molecular formula is C19H18F3NO4. The zero-order chi connectivity index (χ0) is 20.0. The van der Waals surface area contributed by atoms with Crippen molar-refractivity contribution in [1.82, 2.24) is 0 Å². The molecule has 0 aliphatic rings. The predicted molar refractivity (Wildman–Crippen MR) is 91.6 cm³/mol. The van der Waals surface area contributed by atoms with Gasteiger partial charge >= 0.3 is 5.97 Å². The van der Waals surface area contributed by atoms with Crippen molar-refractivity contribution in [2.75, 3.05) is 5.32 Å². The van der Waals surface area contributed by atoms with Crippen molar-refractivity contribution in [3.05, 3.63) is 59.9 Å². The Labute approximate surface area is 154 Å². The highest BCUT2D eigenvalue weighted by atomic mass is 19.2. The molecule has 2 aromatic rings. The number of hydrogen-bond acceptors (Lipinski definition) is 4. The van der Waals surface area contributed by atoms with Crippen LogP contribution in [0.1, 0.15) is 20.3 Å². The van der Waals surface area contributed by atoms with Crippen LogP contribution in [0, 0.1) is 17.5 Å². The Balaban J connectivity index is 1.98. The summed E-state index contributed by atoms with van der Waals surface area (Å²) in [5.74, 6) is -5.85. The van der Waals surface area contributed by atoms with E-state index in [1.807, 2.05) is 0 Å². The molecule has 0 fully saturated rings. The van der Waals surface area contributed by atoms with Gasteiger partial charge < -0.3 is 14.8 Å². The molecule has 27 heavy (non-hydrogen) atoms. The lowest BCUT2D eigenvalue weighted by Crippen LogP contribution is -2.36. The fraction of sp³-hybridized carbons (Fsp3) is 0.263. The number of ether oxygens (including phenoxy) is 2. The minimum atomic E-state index is -1.71. The topological polar surface area (TPSA) is 64.6 Å². The molecule has 0 aliphatic carbocycles. The molecule has 2 atom stereocenters. The molecule has 0 aliphatic heterocycles. The minimum Gasteiger partial charge on any atom is -0.479 e. The summed E-state index contributed by atoms with van der Waals surface area (Å²) in [6, 6.07) is 10.1. The predicted octanol–water partition coefficient (Wildman–Crippen LogP) is 3.83. The van der Waals surface area contributed by atoms with E-state index < -0.39 is 47.2 Å². The van der Waals surface area contributed by atoms with Gasteiger partial charge in [-0.1, -0.05) is 25.1 Å². The molecule has 0 bridgehead atoms. The van der Waals surface area contributed by atoms with Crippen molar-refractivity contribution in [2.24, 2.45) is 0 Å². The monoisotopic (exact) mass is 381 g/mol. The van der Waals surface area contributed by atoms with Crippen LogP contribution in [-0.4, -0.2) is 24.1 Å². The van der Waals surface area contributed by atoms with E-state index in [0.29, 0.717) is 18.2 Å². The van der Waals surface area contributed by atoms with Gasteiger partial charge in [-0.3, -0.25) is 4.79 Å². The maximum absolute atomic E-state index is 13.6. The summed E-state index contributed by atoms with van der Waals surface area (Å²) < 4.78 is 50.3. The molecule has 0 spiro atoms. The van der Waals surface area contributed by atoms with Crippen molar-refractivity contribution in [3.8, 4) is 5.75 Å². The number of anilines is 1. The van der Waals surface area contributed by atoms with Gasteiger partial charge in [0.05, 0.1) is 5.69 Å². The van der Waals surface area contributed by atoms with Crippen molar-refractivity contribution in [1.29, 1.82) is 0 Å². The van der Waals surface area contributed by atoms with Crippen LogP contribution in [0.25, 0.3) is 0 Å². The Morgan fingerprint density at radius 1 is 1.04 bits per heavy atom. The van der Waals surface area contributed by atoms with Crippen LogP contribution < -0.4 is 10.1 Å². The fourth-order valence-corrected chi connectivity index (χ4v) is 2.12. The van der Waals surface area contributed by atoms with E-state index in [4.69, 9.17) is 9.47 Å². The Kier molecular flexibility index (Phi) is 6.81. The van der Waals surface area contributed by atoms with E-state index >= 15 is 0 Å². The largest absolute Gasteiger partial charge is 0.479 e. The summed E-state index contributed by atoms with van der Waals surface area (Å²) in [5, 5.41) is 2.05. The van der Waals surface area contributed by atoms with Crippen LogP contribution in [0.4, 0.5) is 18.9 Å². The summed E-state index contributed by atoms with van der Waals surface area (Å²) in [5.41, 5.74) is -0.561. The van der Waals surface area contributed by atoms with Gasteiger partial charge in [-0.05, 0) is 37.6 Å². The van der Waals surface area contributed by atoms with E-state index in [9.17, 15) is 22.8 Å². The third-order valence-electron chi connectivity index (χ3n) is 3.61. The van der Waals surface area contributed by atoms with Crippen LogP contribution >= 0.6 is 0 Å². The molecule has 0 saturated heterocycles. The second-order valence-corrected chi connectivity index (χ2v) is 5.62. The number of amides is 1. The highest BCUT2D eigenvalue weighted by Crippen LogP contribution is 2.20. The maximum atomic E-state index is 13.6.